The topological polar surface area (TPSA) is 105 Å². The van der Waals surface area contributed by atoms with E-state index < -0.39 is 5.97 Å². The van der Waals surface area contributed by atoms with Gasteiger partial charge in [0.25, 0.3) is 0 Å². The summed E-state index contributed by atoms with van der Waals surface area (Å²) in [6.45, 7) is 0. The monoisotopic (exact) mass is 371 g/mol. The molecule has 0 unspecified atom stereocenters. The van der Waals surface area contributed by atoms with Crippen LogP contribution in [0.3, 0.4) is 0 Å². The zero-order valence-electron chi connectivity index (χ0n) is 14.8. The maximum absolute atomic E-state index is 11.5. The molecular formula is C21H17N5O2. The first kappa shape index (κ1) is 18.7. The number of H-pyrrole nitrogens is 1. The maximum atomic E-state index is 11.5. The molecule has 28 heavy (non-hydrogen) atoms. The van der Waals surface area contributed by atoms with Gasteiger partial charge in [0, 0.05) is 65.2 Å². The lowest BCUT2D eigenvalue weighted by Crippen LogP contribution is -1.96. The molecule has 3 aromatic rings. The Kier molecular flexibility index (Phi) is 6.35. The molecule has 0 bridgehead atoms. The minimum absolute atomic E-state index is 0.106. The van der Waals surface area contributed by atoms with Gasteiger partial charge in [0.15, 0.2) is 0 Å². The summed E-state index contributed by atoms with van der Waals surface area (Å²) in [5, 5.41) is 11.2. The minimum Gasteiger partial charge on any atom is -0.477 e. The number of nitrogens with zero attached hydrogens (tertiary/aromatic N) is 4. The van der Waals surface area contributed by atoms with Gasteiger partial charge in [-0.25, -0.2) is 9.78 Å². The van der Waals surface area contributed by atoms with Crippen LogP contribution in [0.15, 0.2) is 91.9 Å². The fourth-order valence-electron chi connectivity index (χ4n) is 2.47. The largest absolute Gasteiger partial charge is 0.477 e. The van der Waals surface area contributed by atoms with Crippen molar-refractivity contribution in [3.05, 3.63) is 97.6 Å². The number of fused-ring (bicyclic) bond motifs is 3. The van der Waals surface area contributed by atoms with E-state index in [1.165, 1.54) is 37.1 Å². The molecule has 0 spiro atoms. The van der Waals surface area contributed by atoms with Crippen LogP contribution >= 0.6 is 0 Å². The summed E-state index contributed by atoms with van der Waals surface area (Å²) >= 11 is 0. The Labute approximate surface area is 160 Å². The van der Waals surface area contributed by atoms with E-state index in [2.05, 4.69) is 24.9 Å². The summed E-state index contributed by atoms with van der Waals surface area (Å²) in [7, 11) is 0. The van der Waals surface area contributed by atoms with Gasteiger partial charge in [0.2, 0.25) is 0 Å². The molecule has 0 aliphatic carbocycles. The van der Waals surface area contributed by atoms with Gasteiger partial charge in [-0.1, -0.05) is 18.2 Å². The van der Waals surface area contributed by atoms with Gasteiger partial charge >= 0.3 is 5.97 Å². The summed E-state index contributed by atoms with van der Waals surface area (Å²) in [4.78, 5) is 30.7. The zero-order valence-corrected chi connectivity index (χ0v) is 14.8. The van der Waals surface area contributed by atoms with Crippen LogP contribution in [0, 0.1) is 0 Å². The molecular weight excluding hydrogens is 354 g/mol. The van der Waals surface area contributed by atoms with Gasteiger partial charge < -0.3 is 10.1 Å². The molecule has 138 valence electrons. The second-order valence-corrected chi connectivity index (χ2v) is 5.50. The Hall–Kier alpha value is -4.13. The lowest BCUT2D eigenvalue weighted by molar-refractivity contribution is 0.0690. The number of benzene rings is 1. The minimum atomic E-state index is -1.13. The van der Waals surface area contributed by atoms with Crippen molar-refractivity contribution in [2.45, 2.75) is 0 Å². The van der Waals surface area contributed by atoms with Crippen molar-refractivity contribution < 1.29 is 9.90 Å². The first-order valence-corrected chi connectivity index (χ1v) is 8.40. The second kappa shape index (κ2) is 9.54. The predicted molar refractivity (Wildman–Crippen MR) is 107 cm³/mol. The summed E-state index contributed by atoms with van der Waals surface area (Å²) in [6.07, 6.45) is 10.4. The first-order chi connectivity index (χ1) is 13.8. The number of hydrogen-bond acceptors (Lipinski definition) is 5. The SMILES string of the molecule is O=C(O)c1ccc2c(cccnccnccnccn1)[nH]c1ccccc12. The molecule has 0 saturated heterocycles. The van der Waals surface area contributed by atoms with Crippen molar-refractivity contribution in [3.63, 3.8) is 0 Å². The van der Waals surface area contributed by atoms with E-state index >= 15 is 0 Å². The van der Waals surface area contributed by atoms with E-state index in [4.69, 9.17) is 0 Å². The highest BCUT2D eigenvalue weighted by Gasteiger charge is 2.02. The number of nitrogens with one attached hydrogen (secondary N) is 1. The molecule has 0 fully saturated rings. The number of rotatable bonds is 1. The van der Waals surface area contributed by atoms with E-state index in [0.29, 0.717) is 0 Å². The number of carboxylic acids is 1. The van der Waals surface area contributed by atoms with Crippen molar-refractivity contribution in [1.82, 2.24) is 24.9 Å². The molecule has 2 N–H and O–H groups in total. The van der Waals surface area contributed by atoms with Gasteiger partial charge in [-0.3, -0.25) is 15.0 Å². The van der Waals surface area contributed by atoms with E-state index in [1.807, 2.05) is 30.3 Å². The fourth-order valence-corrected chi connectivity index (χ4v) is 2.47. The first-order valence-electron chi connectivity index (χ1n) is 8.40. The van der Waals surface area contributed by atoms with Crippen LogP contribution in [0.25, 0.3) is 21.8 Å². The van der Waals surface area contributed by atoms with Crippen molar-refractivity contribution in [3.8, 4) is 0 Å². The van der Waals surface area contributed by atoms with Gasteiger partial charge in [-0.15, -0.1) is 0 Å². The fraction of sp³-hybridized carbons (Fsp3) is 0. The van der Waals surface area contributed by atoms with Crippen LogP contribution in [-0.2, 0) is 0 Å². The number of carbonyl (C=O) groups is 1. The molecule has 3 rings (SSSR count). The number of aromatic amines is 1. The molecule has 0 saturated carbocycles. The Bertz CT molecular complexity index is 1170. The number of aromatic nitrogens is 5. The van der Waals surface area contributed by atoms with Crippen molar-refractivity contribution in [2.75, 3.05) is 0 Å². The lowest BCUT2D eigenvalue weighted by atomic mass is 10.2. The molecule has 0 radical (unpaired) electrons. The van der Waals surface area contributed by atoms with Crippen LogP contribution in [0.1, 0.15) is 10.5 Å². The molecule has 7 nitrogen and oxygen atoms in total. The van der Waals surface area contributed by atoms with E-state index in [9.17, 15) is 9.90 Å². The summed E-state index contributed by atoms with van der Waals surface area (Å²) < 4.78 is 0. The molecule has 0 amide bonds. The Morgan fingerprint density at radius 2 is 1.25 bits per heavy atom. The standard InChI is InChI=1S/C21H17N5O2/c27-21(28)20-8-7-17-16-4-1-2-5-18(16)26-19(17)6-3-9-22-10-11-23-12-13-24-14-15-25-20/h1-15,26H,(H,27,28). The van der Waals surface area contributed by atoms with Crippen molar-refractivity contribution in [1.29, 1.82) is 0 Å². The van der Waals surface area contributed by atoms with E-state index in [0.717, 1.165) is 21.8 Å². The average Bonchev–Trinajstić information content (AvgIpc) is 3.04. The second-order valence-electron chi connectivity index (χ2n) is 5.50. The third-order valence-electron chi connectivity index (χ3n) is 3.68. The molecule has 1 aromatic carbocycles. The number of hydrogen-bond donors (Lipinski definition) is 2. The Morgan fingerprint density at radius 1 is 0.679 bits per heavy atom. The third-order valence-corrected chi connectivity index (χ3v) is 3.68. The quantitative estimate of drug-likeness (QED) is 0.670. The van der Waals surface area contributed by atoms with Crippen LogP contribution in [0.4, 0.5) is 0 Å². The van der Waals surface area contributed by atoms with E-state index in [-0.39, 0.29) is 5.69 Å². The van der Waals surface area contributed by atoms with Crippen LogP contribution in [0.2, 0.25) is 0 Å². The molecule has 0 aliphatic rings. The van der Waals surface area contributed by atoms with Gasteiger partial charge in [0.1, 0.15) is 5.69 Å². The highest BCUT2D eigenvalue weighted by Crippen LogP contribution is 2.23. The average molecular weight is 371 g/mol. The normalized spacial score (nSPS) is 9.71. The van der Waals surface area contributed by atoms with Crippen LogP contribution in [-0.4, -0.2) is 36.0 Å². The van der Waals surface area contributed by atoms with Gasteiger partial charge in [0.05, 0.1) is 0 Å². The predicted octanol–water partition coefficient (Wildman–Crippen LogP) is 3.97. The Morgan fingerprint density at radius 3 is 1.96 bits per heavy atom. The maximum Gasteiger partial charge on any atom is 0.354 e. The third kappa shape index (κ3) is 4.95. The number of para-hydroxylation sites is 1. The van der Waals surface area contributed by atoms with Gasteiger partial charge in [-0.2, -0.15) is 0 Å². The highest BCUT2D eigenvalue weighted by atomic mass is 16.4. The number of aromatic carboxylic acids is 1. The molecule has 0 aliphatic heterocycles. The number of carboxylic acid groups (broad SMARTS) is 1. The van der Waals surface area contributed by atoms with Crippen LogP contribution in [0.5, 0.6) is 0 Å². The zero-order chi connectivity index (χ0) is 19.6. The molecule has 7 heteroatoms. The van der Waals surface area contributed by atoms with Crippen molar-refractivity contribution >= 4 is 27.8 Å². The summed E-state index contributed by atoms with van der Waals surface area (Å²) in [5.41, 5.74) is 1.67. The van der Waals surface area contributed by atoms with E-state index in [1.54, 1.807) is 24.5 Å². The van der Waals surface area contributed by atoms with Gasteiger partial charge in [-0.05, 0) is 30.3 Å². The Balaban J connectivity index is 2.32. The summed E-state index contributed by atoms with van der Waals surface area (Å²) in [6, 6.07) is 14.6. The molecule has 0 atom stereocenters. The highest BCUT2D eigenvalue weighted by molar-refractivity contribution is 6.06. The summed E-state index contributed by atoms with van der Waals surface area (Å²) in [5.74, 6) is -1.13. The lowest BCUT2D eigenvalue weighted by Gasteiger charge is -1.88. The van der Waals surface area contributed by atoms with Crippen LogP contribution < -0.4 is 0 Å². The smallest absolute Gasteiger partial charge is 0.354 e. The molecule has 2 heterocycles. The molecule has 2 aromatic heterocycles. The van der Waals surface area contributed by atoms with Crippen molar-refractivity contribution in [2.24, 2.45) is 0 Å².